The maximum atomic E-state index is 14.3. The van der Waals surface area contributed by atoms with Crippen molar-refractivity contribution in [2.75, 3.05) is 18.5 Å². The van der Waals surface area contributed by atoms with Gasteiger partial charge < -0.3 is 30.5 Å². The van der Waals surface area contributed by atoms with Gasteiger partial charge in [0, 0.05) is 18.7 Å². The number of aliphatic hydroxyl groups is 1. The van der Waals surface area contributed by atoms with Crippen LogP contribution < -0.4 is 10.6 Å². The quantitative estimate of drug-likeness (QED) is 0.271. The number of hydrogen-bond acceptors (Lipinski definition) is 6. The van der Waals surface area contributed by atoms with Gasteiger partial charge in [-0.3, -0.25) is 9.59 Å². The van der Waals surface area contributed by atoms with Crippen LogP contribution >= 0.6 is 0 Å². The van der Waals surface area contributed by atoms with E-state index in [0.717, 1.165) is 16.7 Å². The van der Waals surface area contributed by atoms with E-state index >= 15 is 0 Å². The molecule has 0 saturated heterocycles. The van der Waals surface area contributed by atoms with Gasteiger partial charge in [0.15, 0.2) is 0 Å². The molecule has 4 N–H and O–H groups in total. The molecule has 0 radical (unpaired) electrons. The van der Waals surface area contributed by atoms with Gasteiger partial charge in [0.05, 0.1) is 6.61 Å². The van der Waals surface area contributed by atoms with Crippen LogP contribution in [-0.2, 0) is 20.7 Å². The topological polar surface area (TPSA) is 128 Å². The number of nitrogens with zero attached hydrogens (tertiary/aromatic N) is 1. The molecule has 2 atom stereocenters. The molecule has 0 spiro atoms. The minimum atomic E-state index is -1.14. The van der Waals surface area contributed by atoms with E-state index < -0.39 is 42.2 Å². The number of aliphatic hydroxyl groups excluding tert-OH is 1. The number of aromatic hydroxyl groups is 1. The molecule has 9 heteroatoms. The van der Waals surface area contributed by atoms with E-state index in [0.29, 0.717) is 16.8 Å². The lowest BCUT2D eigenvalue weighted by Gasteiger charge is -2.35. The van der Waals surface area contributed by atoms with Crippen molar-refractivity contribution in [3.8, 4) is 5.75 Å². The molecule has 0 heterocycles. The molecule has 0 saturated carbocycles. The lowest BCUT2D eigenvalue weighted by molar-refractivity contribution is -0.141. The molecule has 2 unspecified atom stereocenters. The summed E-state index contributed by atoms with van der Waals surface area (Å²) in [6.45, 7) is 10.2. The minimum Gasteiger partial charge on any atom is -0.508 e. The molecule has 9 nitrogen and oxygen atoms in total. The van der Waals surface area contributed by atoms with Crippen LogP contribution in [0.5, 0.6) is 5.75 Å². The number of alkyl carbamates (subject to hydrolysis) is 1. The molecule has 0 aliphatic carbocycles. The maximum absolute atomic E-state index is 14.3. The van der Waals surface area contributed by atoms with Crippen molar-refractivity contribution in [3.63, 3.8) is 0 Å². The fraction of sp³-hybridized carbons (Fsp3) is 0.364. The molecule has 3 aromatic carbocycles. The molecule has 3 amide bonds. The lowest BCUT2D eigenvalue weighted by atomic mass is 9.96. The Balaban J connectivity index is 2.08. The van der Waals surface area contributed by atoms with Gasteiger partial charge in [-0.25, -0.2) is 4.79 Å². The van der Waals surface area contributed by atoms with Crippen molar-refractivity contribution < 1.29 is 29.3 Å². The van der Waals surface area contributed by atoms with Gasteiger partial charge in [-0.05, 0) is 81.5 Å². The molecule has 0 fully saturated rings. The van der Waals surface area contributed by atoms with Crippen LogP contribution in [0.4, 0.5) is 10.5 Å². The van der Waals surface area contributed by atoms with Gasteiger partial charge in [-0.1, -0.05) is 54.6 Å². The fourth-order valence-corrected chi connectivity index (χ4v) is 4.74. The molecule has 3 aromatic rings. The second-order valence-electron chi connectivity index (χ2n) is 11.3. The van der Waals surface area contributed by atoms with E-state index in [-0.39, 0.29) is 18.7 Å². The highest BCUT2D eigenvalue weighted by molar-refractivity contribution is 6.00. The third-order valence-electron chi connectivity index (χ3n) is 6.76. The number of anilines is 1. The zero-order chi connectivity index (χ0) is 31.0. The Hall–Kier alpha value is -4.37. The number of amides is 3. The first-order chi connectivity index (χ1) is 19.8. The summed E-state index contributed by atoms with van der Waals surface area (Å²) < 4.78 is 5.44. The Labute approximate surface area is 247 Å². The van der Waals surface area contributed by atoms with Gasteiger partial charge in [0.25, 0.3) is 5.91 Å². The average Bonchev–Trinajstić information content (AvgIpc) is 2.91. The minimum absolute atomic E-state index is 0.0549. The van der Waals surface area contributed by atoms with Crippen LogP contribution in [0.1, 0.15) is 54.6 Å². The highest BCUT2D eigenvalue weighted by Gasteiger charge is 2.37. The maximum Gasteiger partial charge on any atom is 0.408 e. The van der Waals surface area contributed by atoms with Crippen molar-refractivity contribution in [1.82, 2.24) is 10.2 Å². The van der Waals surface area contributed by atoms with Crippen LogP contribution in [0.15, 0.2) is 66.7 Å². The summed E-state index contributed by atoms with van der Waals surface area (Å²) in [6, 6.07) is 17.0. The highest BCUT2D eigenvalue weighted by Crippen LogP contribution is 2.29. The Kier molecular flexibility index (Phi) is 10.7. The standard InChI is InChI=1S/C33H41N3O6/c1-21-10-7-8-13-26(21)29(30(39)35-28-22(2)11-9-12-23(28)3)36(18-19-37)31(40)27(34-32(41)42-33(4,5)6)20-24-14-16-25(38)17-15-24/h7-17,27,29,37-38H,18-20H2,1-6H3,(H,34,41)(H,35,39). The summed E-state index contributed by atoms with van der Waals surface area (Å²) in [5, 5.41) is 25.5. The number of phenols is 1. The third-order valence-corrected chi connectivity index (χ3v) is 6.76. The van der Waals surface area contributed by atoms with Crippen LogP contribution in [0.25, 0.3) is 0 Å². The van der Waals surface area contributed by atoms with Gasteiger partial charge in [-0.15, -0.1) is 0 Å². The molecule has 0 bridgehead atoms. The smallest absolute Gasteiger partial charge is 0.408 e. The van der Waals surface area contributed by atoms with Gasteiger partial charge in [0.2, 0.25) is 5.91 Å². The fourth-order valence-electron chi connectivity index (χ4n) is 4.74. The van der Waals surface area contributed by atoms with Gasteiger partial charge in [-0.2, -0.15) is 0 Å². The van der Waals surface area contributed by atoms with Crippen LogP contribution in [0, 0.1) is 20.8 Å². The number of carbonyl (C=O) groups excluding carboxylic acids is 3. The Morgan fingerprint density at radius 1 is 0.881 bits per heavy atom. The van der Waals surface area contributed by atoms with Crippen molar-refractivity contribution >= 4 is 23.6 Å². The van der Waals surface area contributed by atoms with E-state index in [1.54, 1.807) is 45.0 Å². The first-order valence-corrected chi connectivity index (χ1v) is 13.9. The number of aryl methyl sites for hydroxylation is 3. The number of hydrogen-bond donors (Lipinski definition) is 4. The monoisotopic (exact) mass is 575 g/mol. The largest absolute Gasteiger partial charge is 0.508 e. The number of benzene rings is 3. The Morgan fingerprint density at radius 2 is 1.48 bits per heavy atom. The number of rotatable bonds is 10. The molecular weight excluding hydrogens is 534 g/mol. The summed E-state index contributed by atoms with van der Waals surface area (Å²) in [5.74, 6) is -0.969. The number of para-hydroxylation sites is 1. The summed E-state index contributed by atoms with van der Waals surface area (Å²) in [7, 11) is 0. The molecule has 42 heavy (non-hydrogen) atoms. The number of nitrogens with one attached hydrogen (secondary N) is 2. The van der Waals surface area contributed by atoms with Gasteiger partial charge in [0.1, 0.15) is 23.4 Å². The van der Waals surface area contributed by atoms with E-state index in [1.807, 2.05) is 51.1 Å². The highest BCUT2D eigenvalue weighted by atomic mass is 16.6. The summed E-state index contributed by atoms with van der Waals surface area (Å²) in [4.78, 5) is 42.6. The first-order valence-electron chi connectivity index (χ1n) is 13.9. The Morgan fingerprint density at radius 3 is 2.05 bits per heavy atom. The average molecular weight is 576 g/mol. The second kappa shape index (κ2) is 14.0. The molecule has 0 aliphatic rings. The summed E-state index contributed by atoms with van der Waals surface area (Å²) in [6.07, 6.45) is -0.741. The molecule has 3 rings (SSSR count). The predicted molar refractivity (Wildman–Crippen MR) is 162 cm³/mol. The van der Waals surface area contributed by atoms with Crippen molar-refractivity contribution in [2.45, 2.75) is 65.6 Å². The Bertz CT molecular complexity index is 1380. The third kappa shape index (κ3) is 8.57. The molecule has 0 aromatic heterocycles. The SMILES string of the molecule is Cc1ccccc1C(C(=O)Nc1c(C)cccc1C)N(CCO)C(=O)C(Cc1ccc(O)cc1)NC(=O)OC(C)(C)C. The van der Waals surface area contributed by atoms with Crippen molar-refractivity contribution in [2.24, 2.45) is 0 Å². The predicted octanol–water partition coefficient (Wildman–Crippen LogP) is 4.95. The number of phenolic OH excluding ortho intramolecular Hbond substituents is 1. The zero-order valence-electron chi connectivity index (χ0n) is 25.1. The van der Waals surface area contributed by atoms with Crippen LogP contribution in [0.3, 0.4) is 0 Å². The van der Waals surface area contributed by atoms with Crippen LogP contribution in [-0.4, -0.2) is 57.8 Å². The van der Waals surface area contributed by atoms with E-state index in [9.17, 15) is 24.6 Å². The van der Waals surface area contributed by atoms with E-state index in [4.69, 9.17) is 4.74 Å². The number of ether oxygens (including phenoxy) is 1. The first kappa shape index (κ1) is 32.1. The van der Waals surface area contributed by atoms with Crippen molar-refractivity contribution in [3.05, 3.63) is 94.5 Å². The lowest BCUT2D eigenvalue weighted by Crippen LogP contribution is -2.54. The van der Waals surface area contributed by atoms with Crippen LogP contribution in [0.2, 0.25) is 0 Å². The van der Waals surface area contributed by atoms with Gasteiger partial charge >= 0.3 is 6.09 Å². The summed E-state index contributed by atoms with van der Waals surface area (Å²) >= 11 is 0. The van der Waals surface area contributed by atoms with E-state index in [2.05, 4.69) is 10.6 Å². The molecule has 224 valence electrons. The molecule has 0 aliphatic heterocycles. The van der Waals surface area contributed by atoms with E-state index in [1.165, 1.54) is 17.0 Å². The second-order valence-corrected chi connectivity index (χ2v) is 11.3. The zero-order valence-corrected chi connectivity index (χ0v) is 25.1. The number of carbonyl (C=O) groups is 3. The van der Waals surface area contributed by atoms with Crippen molar-refractivity contribution in [1.29, 1.82) is 0 Å². The normalized spacial score (nSPS) is 12.6. The molecular formula is C33H41N3O6. The summed E-state index contributed by atoms with van der Waals surface area (Å²) in [5.41, 5.74) is 3.60.